The third kappa shape index (κ3) is 2.57. The van der Waals surface area contributed by atoms with E-state index in [0.717, 1.165) is 0 Å². The molecular weight excluding hydrogens is 200 g/mol. The Balaban J connectivity index is 2.80. The van der Waals surface area contributed by atoms with Crippen molar-refractivity contribution in [1.82, 2.24) is 10.3 Å². The van der Waals surface area contributed by atoms with Crippen molar-refractivity contribution < 1.29 is 4.79 Å². The lowest BCUT2D eigenvalue weighted by atomic mass is 10.2. The fourth-order valence-electron chi connectivity index (χ4n) is 0.888. The molecule has 14 heavy (non-hydrogen) atoms. The van der Waals surface area contributed by atoms with Crippen LogP contribution in [-0.2, 0) is 0 Å². The maximum absolute atomic E-state index is 11.6. The largest absolute Gasteiger partial charge is 0.346 e. The maximum atomic E-state index is 11.6. The highest BCUT2D eigenvalue weighted by Crippen LogP contribution is 2.13. The van der Waals surface area contributed by atoms with Crippen LogP contribution in [-0.4, -0.2) is 16.9 Å². The first kappa shape index (κ1) is 10.7. The van der Waals surface area contributed by atoms with Gasteiger partial charge in [-0.05, 0) is 13.0 Å². The minimum absolute atomic E-state index is 0.0845. The minimum Gasteiger partial charge on any atom is -0.346 e. The van der Waals surface area contributed by atoms with Crippen molar-refractivity contribution in [3.63, 3.8) is 0 Å². The van der Waals surface area contributed by atoms with E-state index in [4.69, 9.17) is 11.6 Å². The number of nitrogens with one attached hydrogen (secondary N) is 1. The fourth-order valence-corrected chi connectivity index (χ4v) is 1.08. The first-order valence-corrected chi connectivity index (χ1v) is 4.56. The summed E-state index contributed by atoms with van der Waals surface area (Å²) in [4.78, 5) is 15.4. The molecule has 0 bridgehead atoms. The van der Waals surface area contributed by atoms with Gasteiger partial charge in [0.15, 0.2) is 0 Å². The second kappa shape index (κ2) is 4.77. The van der Waals surface area contributed by atoms with E-state index >= 15 is 0 Å². The second-order valence-electron chi connectivity index (χ2n) is 2.85. The van der Waals surface area contributed by atoms with Crippen LogP contribution in [0.3, 0.4) is 0 Å². The standard InChI is InChI=1S/C10H11ClN2O/c1-3-7(2)13-10(14)8-6-12-5-4-9(8)11/h3-7H,1H2,2H3,(H,13,14). The molecule has 0 aliphatic heterocycles. The third-order valence-electron chi connectivity index (χ3n) is 1.72. The molecule has 0 spiro atoms. The highest BCUT2D eigenvalue weighted by atomic mass is 35.5. The van der Waals surface area contributed by atoms with Gasteiger partial charge in [0.05, 0.1) is 10.6 Å². The molecule has 1 heterocycles. The smallest absolute Gasteiger partial charge is 0.254 e. The lowest BCUT2D eigenvalue weighted by Gasteiger charge is -2.09. The average molecular weight is 211 g/mol. The molecule has 1 amide bonds. The van der Waals surface area contributed by atoms with E-state index in [9.17, 15) is 4.79 Å². The summed E-state index contributed by atoms with van der Waals surface area (Å²) in [7, 11) is 0. The fraction of sp³-hybridized carbons (Fsp3) is 0.200. The van der Waals surface area contributed by atoms with E-state index < -0.39 is 0 Å². The monoisotopic (exact) mass is 210 g/mol. The molecule has 1 atom stereocenters. The Bertz CT molecular complexity index is 352. The van der Waals surface area contributed by atoms with Crippen LogP contribution in [0, 0.1) is 0 Å². The van der Waals surface area contributed by atoms with Gasteiger partial charge in [0.2, 0.25) is 0 Å². The van der Waals surface area contributed by atoms with Crippen molar-refractivity contribution >= 4 is 17.5 Å². The maximum Gasteiger partial charge on any atom is 0.254 e. The van der Waals surface area contributed by atoms with E-state index in [0.29, 0.717) is 10.6 Å². The topological polar surface area (TPSA) is 42.0 Å². The summed E-state index contributed by atoms with van der Waals surface area (Å²) in [6.07, 6.45) is 4.62. The highest BCUT2D eigenvalue weighted by molar-refractivity contribution is 6.33. The van der Waals surface area contributed by atoms with Crippen molar-refractivity contribution in [3.05, 3.63) is 41.7 Å². The number of aromatic nitrogens is 1. The van der Waals surface area contributed by atoms with Gasteiger partial charge >= 0.3 is 0 Å². The molecule has 1 N–H and O–H groups in total. The Morgan fingerprint density at radius 3 is 3.07 bits per heavy atom. The Labute approximate surface area is 87.8 Å². The van der Waals surface area contributed by atoms with Crippen LogP contribution in [0.15, 0.2) is 31.1 Å². The van der Waals surface area contributed by atoms with Crippen molar-refractivity contribution in [2.45, 2.75) is 13.0 Å². The Hall–Kier alpha value is -1.35. The zero-order valence-corrected chi connectivity index (χ0v) is 8.58. The minimum atomic E-state index is -0.240. The zero-order valence-electron chi connectivity index (χ0n) is 7.83. The van der Waals surface area contributed by atoms with Crippen LogP contribution in [0.25, 0.3) is 0 Å². The number of carbonyl (C=O) groups excluding carboxylic acids is 1. The van der Waals surface area contributed by atoms with Gasteiger partial charge in [-0.2, -0.15) is 0 Å². The summed E-state index contributed by atoms with van der Waals surface area (Å²) >= 11 is 5.82. The van der Waals surface area contributed by atoms with Gasteiger partial charge in [-0.15, -0.1) is 6.58 Å². The van der Waals surface area contributed by atoms with Crippen LogP contribution < -0.4 is 5.32 Å². The van der Waals surface area contributed by atoms with Crippen LogP contribution >= 0.6 is 11.6 Å². The first-order chi connectivity index (χ1) is 6.65. The van der Waals surface area contributed by atoms with Crippen molar-refractivity contribution in [2.24, 2.45) is 0 Å². The van der Waals surface area contributed by atoms with Gasteiger partial charge in [0.25, 0.3) is 5.91 Å². The van der Waals surface area contributed by atoms with Crippen LogP contribution in [0.5, 0.6) is 0 Å². The molecule has 0 saturated heterocycles. The predicted molar refractivity (Wildman–Crippen MR) is 56.4 cm³/mol. The Morgan fingerprint density at radius 1 is 1.79 bits per heavy atom. The summed E-state index contributed by atoms with van der Waals surface area (Å²) in [6.45, 7) is 5.39. The molecule has 0 aliphatic carbocycles. The molecule has 3 nitrogen and oxygen atoms in total. The lowest BCUT2D eigenvalue weighted by Crippen LogP contribution is -2.31. The summed E-state index contributed by atoms with van der Waals surface area (Å²) in [5.74, 6) is -0.240. The van der Waals surface area contributed by atoms with Crippen LogP contribution in [0.4, 0.5) is 0 Å². The van der Waals surface area contributed by atoms with E-state index in [-0.39, 0.29) is 11.9 Å². The second-order valence-corrected chi connectivity index (χ2v) is 3.26. The van der Waals surface area contributed by atoms with E-state index in [1.165, 1.54) is 12.4 Å². The SMILES string of the molecule is C=CC(C)NC(=O)c1cnccc1Cl. The molecule has 0 aliphatic rings. The molecule has 1 aromatic rings. The number of halogens is 1. The van der Waals surface area contributed by atoms with Gasteiger partial charge in [-0.3, -0.25) is 9.78 Å². The van der Waals surface area contributed by atoms with Gasteiger partial charge in [0, 0.05) is 18.4 Å². The molecule has 0 fully saturated rings. The molecule has 0 radical (unpaired) electrons. The quantitative estimate of drug-likeness (QED) is 0.776. The van der Waals surface area contributed by atoms with Crippen molar-refractivity contribution in [1.29, 1.82) is 0 Å². The number of pyridine rings is 1. The predicted octanol–water partition coefficient (Wildman–Crippen LogP) is 2.04. The van der Waals surface area contributed by atoms with E-state index in [1.54, 1.807) is 12.1 Å². The number of carbonyl (C=O) groups is 1. The number of amides is 1. The summed E-state index contributed by atoms with van der Waals surface area (Å²) < 4.78 is 0. The van der Waals surface area contributed by atoms with Crippen LogP contribution in [0.2, 0.25) is 5.02 Å². The zero-order chi connectivity index (χ0) is 10.6. The number of hydrogen-bond acceptors (Lipinski definition) is 2. The van der Waals surface area contributed by atoms with Gasteiger partial charge in [-0.1, -0.05) is 17.7 Å². The summed E-state index contributed by atoms with van der Waals surface area (Å²) in [6, 6.07) is 1.49. The molecule has 0 saturated carbocycles. The normalized spacial score (nSPS) is 11.9. The lowest BCUT2D eigenvalue weighted by molar-refractivity contribution is 0.0947. The van der Waals surface area contributed by atoms with Crippen molar-refractivity contribution in [2.75, 3.05) is 0 Å². The van der Waals surface area contributed by atoms with Gasteiger partial charge < -0.3 is 5.32 Å². The number of nitrogens with zero attached hydrogens (tertiary/aromatic N) is 1. The molecule has 4 heteroatoms. The van der Waals surface area contributed by atoms with Crippen LogP contribution in [0.1, 0.15) is 17.3 Å². The number of rotatable bonds is 3. The third-order valence-corrected chi connectivity index (χ3v) is 2.05. The molecule has 74 valence electrons. The Morgan fingerprint density at radius 2 is 2.50 bits per heavy atom. The molecule has 1 rings (SSSR count). The molecule has 1 aromatic heterocycles. The first-order valence-electron chi connectivity index (χ1n) is 4.18. The van der Waals surface area contributed by atoms with Gasteiger partial charge in [0.1, 0.15) is 0 Å². The molecule has 0 aromatic carbocycles. The van der Waals surface area contributed by atoms with E-state index in [2.05, 4.69) is 16.9 Å². The molecular formula is C10H11ClN2O. The van der Waals surface area contributed by atoms with Gasteiger partial charge in [-0.25, -0.2) is 0 Å². The Kier molecular flexibility index (Phi) is 3.65. The van der Waals surface area contributed by atoms with Crippen molar-refractivity contribution in [3.8, 4) is 0 Å². The summed E-state index contributed by atoms with van der Waals surface area (Å²) in [5.41, 5.74) is 0.378. The molecule has 1 unspecified atom stereocenters. The summed E-state index contributed by atoms with van der Waals surface area (Å²) in [5, 5.41) is 3.10. The number of hydrogen-bond donors (Lipinski definition) is 1. The average Bonchev–Trinajstić information content (AvgIpc) is 2.18. The highest BCUT2D eigenvalue weighted by Gasteiger charge is 2.10. The van der Waals surface area contributed by atoms with E-state index in [1.807, 2.05) is 6.92 Å².